The number of halogens is 1. The van der Waals surface area contributed by atoms with Crippen LogP contribution < -0.4 is 10.9 Å². The summed E-state index contributed by atoms with van der Waals surface area (Å²) in [5.41, 5.74) is 0.530. The van der Waals surface area contributed by atoms with E-state index in [1.165, 1.54) is 10.9 Å². The third-order valence-electron chi connectivity index (χ3n) is 2.32. The van der Waals surface area contributed by atoms with E-state index in [9.17, 15) is 9.59 Å². The first-order valence-corrected chi connectivity index (χ1v) is 6.62. The highest BCUT2D eigenvalue weighted by atomic mass is 127. The van der Waals surface area contributed by atoms with Crippen molar-refractivity contribution in [2.24, 2.45) is 0 Å². The summed E-state index contributed by atoms with van der Waals surface area (Å²) in [6.07, 6.45) is 3.40. The first-order valence-electron chi connectivity index (χ1n) is 5.54. The third-order valence-corrected chi connectivity index (χ3v) is 3.57. The number of rotatable bonds is 5. The van der Waals surface area contributed by atoms with Crippen molar-refractivity contribution >= 4 is 28.5 Å². The Bertz CT molecular complexity index is 457. The molecule has 0 radical (unpaired) electrons. The summed E-state index contributed by atoms with van der Waals surface area (Å²) in [7, 11) is 0. The molecule has 0 aromatic carbocycles. The van der Waals surface area contributed by atoms with Crippen molar-refractivity contribution in [1.29, 1.82) is 0 Å². The molecule has 1 heterocycles. The Kier molecular flexibility index (Phi) is 5.60. The van der Waals surface area contributed by atoms with Crippen LogP contribution in [0.15, 0.2) is 11.1 Å². The highest BCUT2D eigenvalue weighted by Gasteiger charge is 2.08. The molecule has 1 amide bonds. The minimum Gasteiger partial charge on any atom is -0.355 e. The quantitative estimate of drug-likeness (QED) is 0.639. The Balaban J connectivity index is 2.66. The van der Waals surface area contributed by atoms with Crippen molar-refractivity contribution in [3.63, 3.8) is 0 Å². The lowest BCUT2D eigenvalue weighted by molar-refractivity contribution is -0.121. The third kappa shape index (κ3) is 4.10. The minimum absolute atomic E-state index is 0.0336. The maximum Gasteiger partial charge on any atom is 0.267 e. The Morgan fingerprint density at radius 3 is 2.94 bits per heavy atom. The molecule has 1 aromatic heterocycles. The van der Waals surface area contributed by atoms with Crippen molar-refractivity contribution < 1.29 is 4.79 Å². The molecule has 1 N–H and O–H groups in total. The van der Waals surface area contributed by atoms with E-state index < -0.39 is 0 Å². The number of aromatic nitrogens is 2. The van der Waals surface area contributed by atoms with Crippen molar-refractivity contribution in [2.75, 3.05) is 6.54 Å². The largest absolute Gasteiger partial charge is 0.355 e. The van der Waals surface area contributed by atoms with Gasteiger partial charge in [-0.3, -0.25) is 14.2 Å². The number of aryl methyl sites for hydroxylation is 1. The molecule has 0 aliphatic rings. The predicted molar refractivity (Wildman–Crippen MR) is 73.9 cm³/mol. The first-order chi connectivity index (χ1) is 8.06. The molecule has 0 aliphatic carbocycles. The van der Waals surface area contributed by atoms with Gasteiger partial charge in [0.15, 0.2) is 0 Å². The summed E-state index contributed by atoms with van der Waals surface area (Å²) < 4.78 is 1.89. The number of amides is 1. The van der Waals surface area contributed by atoms with Gasteiger partial charge in [0, 0.05) is 6.54 Å². The summed E-state index contributed by atoms with van der Waals surface area (Å²) in [6.45, 7) is 4.52. The molecule has 5 nitrogen and oxygen atoms in total. The monoisotopic (exact) mass is 349 g/mol. The fourth-order valence-corrected chi connectivity index (χ4v) is 1.72. The van der Waals surface area contributed by atoms with Crippen LogP contribution >= 0.6 is 22.6 Å². The van der Waals surface area contributed by atoms with E-state index in [1.54, 1.807) is 6.92 Å². The summed E-state index contributed by atoms with van der Waals surface area (Å²) in [5, 5.41) is 2.76. The lowest BCUT2D eigenvalue weighted by Gasteiger charge is -2.07. The van der Waals surface area contributed by atoms with Crippen LogP contribution in [0.3, 0.4) is 0 Å². The van der Waals surface area contributed by atoms with Gasteiger partial charge >= 0.3 is 0 Å². The summed E-state index contributed by atoms with van der Waals surface area (Å²) in [6, 6.07) is 0. The predicted octanol–water partition coefficient (Wildman–Crippen LogP) is 1.07. The van der Waals surface area contributed by atoms with Gasteiger partial charge in [-0.25, -0.2) is 4.98 Å². The molecule has 0 aliphatic heterocycles. The smallest absolute Gasteiger partial charge is 0.267 e. The van der Waals surface area contributed by atoms with E-state index in [0.29, 0.717) is 15.8 Å². The van der Waals surface area contributed by atoms with Crippen LogP contribution in [0.1, 0.15) is 25.5 Å². The summed E-state index contributed by atoms with van der Waals surface area (Å²) >= 11 is 1.95. The number of carbonyl (C=O) groups is 1. The topological polar surface area (TPSA) is 64.0 Å². The fourth-order valence-electron chi connectivity index (χ4n) is 1.27. The number of nitrogens with one attached hydrogen (secondary N) is 1. The Morgan fingerprint density at radius 1 is 1.59 bits per heavy atom. The van der Waals surface area contributed by atoms with Gasteiger partial charge in [0.05, 0.1) is 15.6 Å². The van der Waals surface area contributed by atoms with Gasteiger partial charge in [0.2, 0.25) is 5.91 Å². The zero-order chi connectivity index (χ0) is 12.8. The van der Waals surface area contributed by atoms with Crippen LogP contribution in [0, 0.1) is 10.5 Å². The first kappa shape index (κ1) is 14.1. The molecule has 1 aromatic rings. The second-order valence-electron chi connectivity index (χ2n) is 3.78. The Labute approximate surface area is 114 Å². The molecule has 6 heteroatoms. The zero-order valence-corrected chi connectivity index (χ0v) is 12.2. The van der Waals surface area contributed by atoms with Crippen LogP contribution in [0.5, 0.6) is 0 Å². The highest BCUT2D eigenvalue weighted by molar-refractivity contribution is 14.1. The van der Waals surface area contributed by atoms with E-state index in [4.69, 9.17) is 0 Å². The molecule has 0 bridgehead atoms. The number of nitrogens with zero attached hydrogens (tertiary/aromatic N) is 2. The molecule has 0 fully saturated rings. The SMILES string of the molecule is CCCCNC(=O)Cn1cnc(C)c(I)c1=O. The maximum absolute atomic E-state index is 11.8. The molecular formula is C11H16IN3O2. The van der Waals surface area contributed by atoms with E-state index in [1.807, 2.05) is 22.6 Å². The van der Waals surface area contributed by atoms with Gasteiger partial charge in [0.25, 0.3) is 5.56 Å². The summed E-state index contributed by atoms with van der Waals surface area (Å²) in [4.78, 5) is 27.4. The van der Waals surface area contributed by atoms with Crippen LogP contribution in [0.25, 0.3) is 0 Å². The van der Waals surface area contributed by atoms with Crippen molar-refractivity contribution in [3.8, 4) is 0 Å². The van der Waals surface area contributed by atoms with Crippen LogP contribution in [-0.2, 0) is 11.3 Å². The minimum atomic E-state index is -0.163. The molecule has 0 spiro atoms. The maximum atomic E-state index is 11.8. The average molecular weight is 349 g/mol. The Hall–Kier alpha value is -0.920. The molecule has 0 saturated carbocycles. The van der Waals surface area contributed by atoms with Gasteiger partial charge in [-0.15, -0.1) is 0 Å². The van der Waals surface area contributed by atoms with Crippen LogP contribution in [-0.4, -0.2) is 22.0 Å². The number of carbonyl (C=O) groups excluding carboxylic acids is 1. The van der Waals surface area contributed by atoms with Gasteiger partial charge in [-0.2, -0.15) is 0 Å². The molecule has 17 heavy (non-hydrogen) atoms. The molecule has 0 atom stereocenters. The second-order valence-corrected chi connectivity index (χ2v) is 4.86. The lowest BCUT2D eigenvalue weighted by Crippen LogP contribution is -2.34. The lowest BCUT2D eigenvalue weighted by atomic mass is 10.3. The molecule has 1 rings (SSSR count). The van der Waals surface area contributed by atoms with Crippen LogP contribution in [0.4, 0.5) is 0 Å². The van der Waals surface area contributed by atoms with Gasteiger partial charge < -0.3 is 5.32 Å². The number of unbranched alkanes of at least 4 members (excludes halogenated alkanes) is 1. The fraction of sp³-hybridized carbons (Fsp3) is 0.545. The number of hydrogen-bond donors (Lipinski definition) is 1. The van der Waals surface area contributed by atoms with Crippen molar-refractivity contribution in [1.82, 2.24) is 14.9 Å². The molecular weight excluding hydrogens is 333 g/mol. The molecule has 0 unspecified atom stereocenters. The number of hydrogen-bond acceptors (Lipinski definition) is 3. The van der Waals surface area contributed by atoms with Crippen molar-refractivity contribution in [3.05, 3.63) is 25.9 Å². The van der Waals surface area contributed by atoms with E-state index in [0.717, 1.165) is 12.8 Å². The van der Waals surface area contributed by atoms with Gasteiger partial charge in [-0.05, 0) is 35.9 Å². The van der Waals surface area contributed by atoms with Gasteiger partial charge in [-0.1, -0.05) is 13.3 Å². The van der Waals surface area contributed by atoms with E-state index in [2.05, 4.69) is 17.2 Å². The Morgan fingerprint density at radius 2 is 2.29 bits per heavy atom. The molecule has 94 valence electrons. The second kappa shape index (κ2) is 6.73. The normalized spacial score (nSPS) is 10.3. The average Bonchev–Trinajstić information content (AvgIpc) is 2.30. The van der Waals surface area contributed by atoms with E-state index in [-0.39, 0.29) is 18.0 Å². The standard InChI is InChI=1S/C11H16IN3O2/c1-3-4-5-13-9(16)6-15-7-14-8(2)10(12)11(15)17/h7H,3-6H2,1-2H3,(H,13,16). The van der Waals surface area contributed by atoms with Crippen molar-refractivity contribution in [2.45, 2.75) is 33.2 Å². The van der Waals surface area contributed by atoms with E-state index >= 15 is 0 Å². The zero-order valence-electron chi connectivity index (χ0n) is 9.99. The molecule has 0 saturated heterocycles. The summed E-state index contributed by atoms with van der Waals surface area (Å²) in [5.74, 6) is -0.151. The highest BCUT2D eigenvalue weighted by Crippen LogP contribution is 2.00. The van der Waals surface area contributed by atoms with Gasteiger partial charge in [0.1, 0.15) is 6.54 Å². The van der Waals surface area contributed by atoms with Crippen LogP contribution in [0.2, 0.25) is 0 Å².